The van der Waals surface area contributed by atoms with Crippen LogP contribution in [0, 0.1) is 5.92 Å². The van der Waals surface area contributed by atoms with Gasteiger partial charge in [-0.15, -0.1) is 0 Å². The largest absolute Gasteiger partial charge is 0.507 e. The van der Waals surface area contributed by atoms with Crippen molar-refractivity contribution < 1.29 is 29.3 Å². The predicted molar refractivity (Wildman–Crippen MR) is 166 cm³/mol. The summed E-state index contributed by atoms with van der Waals surface area (Å²) in [6, 6.07) is 11.4. The summed E-state index contributed by atoms with van der Waals surface area (Å²) in [4.78, 5) is 43.5. The number of aromatic hydroxyl groups is 1. The molecule has 3 amide bonds. The van der Waals surface area contributed by atoms with Gasteiger partial charge in [-0.3, -0.25) is 19.3 Å². The summed E-state index contributed by atoms with van der Waals surface area (Å²) in [6.07, 6.45) is 7.10. The third-order valence-electron chi connectivity index (χ3n) is 9.66. The number of hydrogen-bond acceptors (Lipinski definition) is 7. The van der Waals surface area contributed by atoms with Crippen molar-refractivity contribution in [3.63, 3.8) is 0 Å². The number of carbonyl (C=O) groups excluding carboxylic acids is 3. The predicted octanol–water partition coefficient (Wildman–Crippen LogP) is 3.95. The van der Waals surface area contributed by atoms with E-state index in [1.165, 1.54) is 19.2 Å². The van der Waals surface area contributed by atoms with Crippen LogP contribution in [-0.2, 0) is 16.1 Å². The number of rotatable bonds is 10. The van der Waals surface area contributed by atoms with Crippen molar-refractivity contribution in [3.05, 3.63) is 53.6 Å². The quantitative estimate of drug-likeness (QED) is 0.322. The Morgan fingerprint density at radius 2 is 1.75 bits per heavy atom. The standard InChI is InChI=1S/C34H46N4O6/c1-3-4-18-38-32(42)29(30(40)24-8-6-5-7-9-24)36-33(43)34(38)16-19-37(20-17-34)22-23-10-12-25(13-11-23)44-26-14-15-27(28(39)21-26)31(41)35-2/h10-15,21,24,29-30,39-40H,3-9,16-20,22H2,1-2H3,(H,35,41)(H,36,43)/t29-,30-/m1/s1. The van der Waals surface area contributed by atoms with Gasteiger partial charge in [0.25, 0.3) is 5.91 Å². The highest BCUT2D eigenvalue weighted by atomic mass is 16.5. The van der Waals surface area contributed by atoms with E-state index in [0.29, 0.717) is 50.5 Å². The number of piperazine rings is 1. The van der Waals surface area contributed by atoms with Crippen LogP contribution >= 0.6 is 0 Å². The lowest BCUT2D eigenvalue weighted by molar-refractivity contribution is -0.166. The Bertz CT molecular complexity index is 1320. The molecule has 44 heavy (non-hydrogen) atoms. The minimum atomic E-state index is -0.873. The molecule has 2 aromatic carbocycles. The summed E-state index contributed by atoms with van der Waals surface area (Å²) < 4.78 is 5.87. The van der Waals surface area contributed by atoms with Crippen LogP contribution in [0.15, 0.2) is 42.5 Å². The molecule has 238 valence electrons. The first-order valence-electron chi connectivity index (χ1n) is 16.1. The van der Waals surface area contributed by atoms with Gasteiger partial charge in [0.1, 0.15) is 28.8 Å². The maximum Gasteiger partial charge on any atom is 0.254 e. The van der Waals surface area contributed by atoms with Gasteiger partial charge in [-0.2, -0.15) is 0 Å². The number of amides is 3. The van der Waals surface area contributed by atoms with Crippen molar-refractivity contribution in [1.29, 1.82) is 0 Å². The average Bonchev–Trinajstić information content (AvgIpc) is 3.04. The van der Waals surface area contributed by atoms with Gasteiger partial charge in [0.15, 0.2) is 0 Å². The number of aliphatic hydroxyl groups is 1. The molecule has 2 aliphatic heterocycles. The Kier molecular flexibility index (Phi) is 10.1. The van der Waals surface area contributed by atoms with Crippen molar-refractivity contribution in [2.24, 2.45) is 5.92 Å². The van der Waals surface area contributed by atoms with Gasteiger partial charge in [0.2, 0.25) is 11.8 Å². The minimum absolute atomic E-state index is 0.0560. The molecule has 1 spiro atoms. The van der Waals surface area contributed by atoms with Crippen LogP contribution in [0.3, 0.4) is 0 Å². The number of nitrogens with one attached hydrogen (secondary N) is 2. The lowest BCUT2D eigenvalue weighted by Gasteiger charge is -2.52. The molecule has 0 aromatic heterocycles. The Labute approximate surface area is 259 Å². The minimum Gasteiger partial charge on any atom is -0.507 e. The van der Waals surface area contributed by atoms with Gasteiger partial charge in [-0.05, 0) is 67.9 Å². The van der Waals surface area contributed by atoms with Gasteiger partial charge in [0, 0.05) is 39.3 Å². The molecule has 2 heterocycles. The topological polar surface area (TPSA) is 131 Å². The summed E-state index contributed by atoms with van der Waals surface area (Å²) >= 11 is 0. The number of phenols is 1. The second-order valence-electron chi connectivity index (χ2n) is 12.5. The van der Waals surface area contributed by atoms with Crippen LogP contribution in [0.2, 0.25) is 0 Å². The van der Waals surface area contributed by atoms with Gasteiger partial charge in [-0.25, -0.2) is 0 Å². The molecule has 1 aliphatic carbocycles. The van der Waals surface area contributed by atoms with Gasteiger partial charge >= 0.3 is 0 Å². The third-order valence-corrected chi connectivity index (χ3v) is 9.66. The summed E-state index contributed by atoms with van der Waals surface area (Å²) in [7, 11) is 1.50. The molecular formula is C34H46N4O6. The Morgan fingerprint density at radius 3 is 2.39 bits per heavy atom. The smallest absolute Gasteiger partial charge is 0.254 e. The zero-order chi connectivity index (χ0) is 31.3. The number of aliphatic hydroxyl groups excluding tert-OH is 1. The van der Waals surface area contributed by atoms with E-state index in [1.54, 1.807) is 6.07 Å². The van der Waals surface area contributed by atoms with E-state index in [-0.39, 0.29) is 35.0 Å². The number of nitrogens with zero attached hydrogens (tertiary/aromatic N) is 2. The van der Waals surface area contributed by atoms with Crippen molar-refractivity contribution in [3.8, 4) is 17.2 Å². The third kappa shape index (κ3) is 6.71. The summed E-state index contributed by atoms with van der Waals surface area (Å²) in [5, 5.41) is 26.8. The van der Waals surface area contributed by atoms with Gasteiger partial charge in [0.05, 0.1) is 11.7 Å². The fourth-order valence-corrected chi connectivity index (χ4v) is 7.00. The van der Waals surface area contributed by atoms with Crippen molar-refractivity contribution in [2.75, 3.05) is 26.7 Å². The van der Waals surface area contributed by atoms with Crippen LogP contribution in [-0.4, -0.2) is 82.1 Å². The zero-order valence-electron chi connectivity index (χ0n) is 25.9. The molecule has 4 N–H and O–H groups in total. The Morgan fingerprint density at radius 1 is 1.07 bits per heavy atom. The Balaban J connectivity index is 1.20. The molecule has 0 bridgehead atoms. The number of ether oxygens (including phenoxy) is 1. The number of hydrogen-bond donors (Lipinski definition) is 4. The fourth-order valence-electron chi connectivity index (χ4n) is 7.00. The lowest BCUT2D eigenvalue weighted by atomic mass is 9.78. The maximum atomic E-state index is 13.8. The first kappa shape index (κ1) is 31.8. The summed E-state index contributed by atoms with van der Waals surface area (Å²) in [5.74, 6) is 0.307. The van der Waals surface area contributed by atoms with Gasteiger partial charge < -0.3 is 30.5 Å². The monoisotopic (exact) mass is 606 g/mol. The molecule has 2 aromatic rings. The summed E-state index contributed by atoms with van der Waals surface area (Å²) in [6.45, 7) is 4.67. The van der Waals surface area contributed by atoms with E-state index in [4.69, 9.17) is 4.74 Å². The Hall–Kier alpha value is -3.63. The highest BCUT2D eigenvalue weighted by Gasteiger charge is 2.55. The van der Waals surface area contributed by atoms with Crippen molar-refractivity contribution in [1.82, 2.24) is 20.4 Å². The van der Waals surface area contributed by atoms with Crippen LogP contribution in [0.25, 0.3) is 0 Å². The number of benzene rings is 2. The molecule has 3 fully saturated rings. The molecular weight excluding hydrogens is 560 g/mol. The molecule has 2 atom stereocenters. The number of carbonyl (C=O) groups is 3. The molecule has 5 rings (SSSR count). The molecule has 3 aliphatic rings. The zero-order valence-corrected chi connectivity index (χ0v) is 25.9. The van der Waals surface area contributed by atoms with E-state index in [0.717, 1.165) is 50.5 Å². The molecule has 0 unspecified atom stereocenters. The molecule has 2 saturated heterocycles. The van der Waals surface area contributed by atoms with Crippen molar-refractivity contribution in [2.45, 2.75) is 88.9 Å². The SMILES string of the molecule is CCCCN1C(=O)[C@@H]([C@H](O)C2CCCCC2)NC(=O)C12CCN(Cc1ccc(Oc3ccc(C(=O)NC)c(O)c3)cc1)CC2. The highest BCUT2D eigenvalue weighted by molar-refractivity contribution is 6.00. The first-order valence-corrected chi connectivity index (χ1v) is 16.1. The van der Waals surface area contributed by atoms with Crippen LogP contribution in [0.1, 0.15) is 80.6 Å². The number of likely N-dealkylation sites (tertiary alicyclic amines) is 1. The van der Waals surface area contributed by atoms with E-state index in [9.17, 15) is 24.6 Å². The van der Waals surface area contributed by atoms with Crippen LogP contribution in [0.5, 0.6) is 17.2 Å². The second-order valence-corrected chi connectivity index (χ2v) is 12.5. The highest BCUT2D eigenvalue weighted by Crippen LogP contribution is 2.37. The first-order chi connectivity index (χ1) is 21.3. The number of piperidine rings is 1. The van der Waals surface area contributed by atoms with E-state index in [2.05, 4.69) is 22.5 Å². The van der Waals surface area contributed by atoms with E-state index < -0.39 is 17.7 Å². The van der Waals surface area contributed by atoms with Crippen molar-refractivity contribution >= 4 is 17.7 Å². The normalized spacial score (nSPS) is 21.6. The second kappa shape index (κ2) is 14.0. The number of unbranched alkanes of at least 4 members (excludes halogenated alkanes) is 1. The van der Waals surface area contributed by atoms with E-state index >= 15 is 0 Å². The molecule has 10 heteroatoms. The van der Waals surface area contributed by atoms with E-state index in [1.807, 2.05) is 29.2 Å². The maximum absolute atomic E-state index is 13.8. The molecule has 10 nitrogen and oxygen atoms in total. The summed E-state index contributed by atoms with van der Waals surface area (Å²) in [5.41, 5.74) is 0.398. The van der Waals surface area contributed by atoms with Crippen LogP contribution in [0.4, 0.5) is 0 Å². The lowest BCUT2D eigenvalue weighted by Crippen LogP contribution is -2.75. The van der Waals surface area contributed by atoms with Crippen LogP contribution < -0.4 is 15.4 Å². The number of phenolic OH excluding ortho intramolecular Hbond substituents is 1. The molecule has 0 radical (unpaired) electrons. The fraction of sp³-hybridized carbons (Fsp3) is 0.559. The van der Waals surface area contributed by atoms with Gasteiger partial charge in [-0.1, -0.05) is 44.7 Å². The average molecular weight is 607 g/mol. The molecule has 1 saturated carbocycles.